The zero-order valence-electron chi connectivity index (χ0n) is 14.3. The van der Waals surface area contributed by atoms with Crippen molar-refractivity contribution in [3.63, 3.8) is 0 Å². The molecule has 1 aromatic rings. The van der Waals surface area contributed by atoms with Crippen LogP contribution < -0.4 is 0 Å². The SMILES string of the molecule is C[C@@H]1CN(Cc2ncnn2C(C)(C)C)C[C@@H]1N1CCOCC1. The smallest absolute Gasteiger partial charge is 0.141 e. The Balaban J connectivity index is 1.64. The van der Waals surface area contributed by atoms with Gasteiger partial charge in [0.15, 0.2) is 0 Å². The molecular formula is C16H29N5O. The fourth-order valence-electron chi connectivity index (χ4n) is 3.70. The third kappa shape index (κ3) is 3.34. The summed E-state index contributed by atoms with van der Waals surface area (Å²) in [7, 11) is 0. The van der Waals surface area contributed by atoms with Crippen LogP contribution in [0.5, 0.6) is 0 Å². The summed E-state index contributed by atoms with van der Waals surface area (Å²) in [5.41, 5.74) is -0.0131. The molecule has 0 amide bonds. The number of nitrogens with zero attached hydrogens (tertiary/aromatic N) is 5. The van der Waals surface area contributed by atoms with Crippen molar-refractivity contribution in [2.24, 2.45) is 5.92 Å². The molecule has 6 nitrogen and oxygen atoms in total. The predicted molar refractivity (Wildman–Crippen MR) is 85.6 cm³/mol. The van der Waals surface area contributed by atoms with Crippen molar-refractivity contribution in [1.29, 1.82) is 0 Å². The van der Waals surface area contributed by atoms with Gasteiger partial charge in [0, 0.05) is 32.2 Å². The summed E-state index contributed by atoms with van der Waals surface area (Å²) in [6, 6.07) is 0.648. The maximum atomic E-state index is 5.48. The molecule has 2 aliphatic rings. The van der Waals surface area contributed by atoms with Crippen molar-refractivity contribution in [2.75, 3.05) is 39.4 Å². The number of hydrogen-bond donors (Lipinski definition) is 0. The van der Waals surface area contributed by atoms with Crippen LogP contribution in [0.4, 0.5) is 0 Å². The van der Waals surface area contributed by atoms with Gasteiger partial charge in [0.2, 0.25) is 0 Å². The summed E-state index contributed by atoms with van der Waals surface area (Å²) in [5.74, 6) is 1.77. The lowest BCUT2D eigenvalue weighted by Gasteiger charge is -2.34. The number of morpholine rings is 1. The normalized spacial score (nSPS) is 28.4. The molecule has 124 valence electrons. The lowest BCUT2D eigenvalue weighted by atomic mass is 10.0. The average molecular weight is 307 g/mol. The molecule has 2 saturated heterocycles. The average Bonchev–Trinajstić information content (AvgIpc) is 3.06. The first-order valence-corrected chi connectivity index (χ1v) is 8.38. The van der Waals surface area contributed by atoms with Crippen LogP contribution in [0.25, 0.3) is 0 Å². The van der Waals surface area contributed by atoms with Crippen molar-refractivity contribution in [3.05, 3.63) is 12.2 Å². The van der Waals surface area contributed by atoms with Crippen LogP contribution in [0, 0.1) is 5.92 Å². The van der Waals surface area contributed by atoms with Crippen LogP contribution >= 0.6 is 0 Å². The maximum absolute atomic E-state index is 5.48. The van der Waals surface area contributed by atoms with E-state index < -0.39 is 0 Å². The number of hydrogen-bond acceptors (Lipinski definition) is 5. The quantitative estimate of drug-likeness (QED) is 0.839. The number of likely N-dealkylation sites (tertiary alicyclic amines) is 1. The molecule has 0 saturated carbocycles. The molecule has 2 fully saturated rings. The molecule has 2 atom stereocenters. The fourth-order valence-corrected chi connectivity index (χ4v) is 3.70. The van der Waals surface area contributed by atoms with E-state index in [9.17, 15) is 0 Å². The highest BCUT2D eigenvalue weighted by molar-refractivity contribution is 4.95. The minimum Gasteiger partial charge on any atom is -0.379 e. The van der Waals surface area contributed by atoms with Crippen LogP contribution in [0.2, 0.25) is 0 Å². The Bertz CT molecular complexity index is 489. The highest BCUT2D eigenvalue weighted by Gasteiger charge is 2.35. The second-order valence-electron chi connectivity index (χ2n) is 7.65. The fraction of sp³-hybridized carbons (Fsp3) is 0.875. The van der Waals surface area contributed by atoms with Crippen LogP contribution in [-0.4, -0.2) is 70.0 Å². The van der Waals surface area contributed by atoms with Crippen molar-refractivity contribution >= 4 is 0 Å². The highest BCUT2D eigenvalue weighted by Crippen LogP contribution is 2.24. The first kappa shape index (κ1) is 15.9. The summed E-state index contributed by atoms with van der Waals surface area (Å²) in [4.78, 5) is 9.61. The zero-order valence-corrected chi connectivity index (χ0v) is 14.3. The van der Waals surface area contributed by atoms with Gasteiger partial charge in [0.1, 0.15) is 12.2 Å². The van der Waals surface area contributed by atoms with E-state index in [1.54, 1.807) is 6.33 Å². The van der Waals surface area contributed by atoms with E-state index >= 15 is 0 Å². The van der Waals surface area contributed by atoms with E-state index in [0.29, 0.717) is 12.0 Å². The van der Waals surface area contributed by atoms with Crippen molar-refractivity contribution < 1.29 is 4.74 Å². The molecule has 0 N–H and O–H groups in total. The van der Waals surface area contributed by atoms with E-state index in [0.717, 1.165) is 51.8 Å². The molecule has 2 aliphatic heterocycles. The summed E-state index contributed by atoms with van der Waals surface area (Å²) in [6.07, 6.45) is 1.68. The Labute approximate surface area is 133 Å². The first-order valence-electron chi connectivity index (χ1n) is 8.38. The molecule has 0 radical (unpaired) electrons. The van der Waals surface area contributed by atoms with Crippen molar-refractivity contribution in [2.45, 2.75) is 45.8 Å². The summed E-state index contributed by atoms with van der Waals surface area (Å²) < 4.78 is 7.54. The van der Waals surface area contributed by atoms with Gasteiger partial charge in [-0.15, -0.1) is 0 Å². The number of rotatable bonds is 3. The number of ether oxygens (including phenoxy) is 1. The molecule has 22 heavy (non-hydrogen) atoms. The predicted octanol–water partition coefficient (Wildman–Crippen LogP) is 1.19. The standard InChI is InChI=1S/C16H29N5O/c1-13-9-19(10-14(13)20-5-7-22-8-6-20)11-15-17-12-18-21(15)16(2,3)4/h12-14H,5-11H2,1-4H3/t13-,14+/m1/s1. The summed E-state index contributed by atoms with van der Waals surface area (Å²) in [5, 5.41) is 4.41. The van der Waals surface area contributed by atoms with Gasteiger partial charge >= 0.3 is 0 Å². The molecular weight excluding hydrogens is 278 g/mol. The van der Waals surface area contributed by atoms with E-state index in [1.807, 2.05) is 0 Å². The van der Waals surface area contributed by atoms with Gasteiger partial charge in [-0.3, -0.25) is 9.80 Å². The summed E-state index contributed by atoms with van der Waals surface area (Å²) >= 11 is 0. The molecule has 0 bridgehead atoms. The van der Waals surface area contributed by atoms with E-state index in [4.69, 9.17) is 4.74 Å². The molecule has 1 aromatic heterocycles. The van der Waals surface area contributed by atoms with Gasteiger partial charge in [0.05, 0.1) is 25.3 Å². The Morgan fingerprint density at radius 3 is 2.64 bits per heavy atom. The first-order chi connectivity index (χ1) is 10.4. The van der Waals surface area contributed by atoms with E-state index in [-0.39, 0.29) is 5.54 Å². The molecule has 6 heteroatoms. The molecule has 0 aromatic carbocycles. The third-order valence-corrected chi connectivity index (χ3v) is 4.78. The van der Waals surface area contributed by atoms with Crippen LogP contribution in [0.3, 0.4) is 0 Å². The number of aromatic nitrogens is 3. The van der Waals surface area contributed by atoms with Gasteiger partial charge in [-0.25, -0.2) is 9.67 Å². The molecule has 3 rings (SSSR count). The van der Waals surface area contributed by atoms with Gasteiger partial charge in [-0.05, 0) is 26.7 Å². The third-order valence-electron chi connectivity index (χ3n) is 4.78. The Kier molecular flexibility index (Phi) is 4.52. The Morgan fingerprint density at radius 2 is 1.95 bits per heavy atom. The molecule has 0 aliphatic carbocycles. The highest BCUT2D eigenvalue weighted by atomic mass is 16.5. The lowest BCUT2D eigenvalue weighted by Crippen LogP contribution is -2.46. The maximum Gasteiger partial charge on any atom is 0.141 e. The molecule has 0 spiro atoms. The van der Waals surface area contributed by atoms with E-state index in [2.05, 4.69) is 52.3 Å². The molecule has 3 heterocycles. The largest absolute Gasteiger partial charge is 0.379 e. The monoisotopic (exact) mass is 307 g/mol. The topological polar surface area (TPSA) is 46.4 Å². The van der Waals surface area contributed by atoms with Crippen LogP contribution in [-0.2, 0) is 16.8 Å². The molecule has 0 unspecified atom stereocenters. The Hall–Kier alpha value is -0.980. The second-order valence-corrected chi connectivity index (χ2v) is 7.65. The minimum absolute atomic E-state index is 0.0131. The van der Waals surface area contributed by atoms with Gasteiger partial charge in [-0.1, -0.05) is 6.92 Å². The minimum atomic E-state index is -0.0131. The lowest BCUT2D eigenvalue weighted by molar-refractivity contribution is 0.0117. The Morgan fingerprint density at radius 1 is 1.23 bits per heavy atom. The summed E-state index contributed by atoms with van der Waals surface area (Å²) in [6.45, 7) is 15.9. The van der Waals surface area contributed by atoms with Gasteiger partial charge in [0.25, 0.3) is 0 Å². The zero-order chi connectivity index (χ0) is 15.7. The second kappa shape index (κ2) is 6.26. The van der Waals surface area contributed by atoms with E-state index in [1.165, 1.54) is 0 Å². The van der Waals surface area contributed by atoms with Crippen molar-refractivity contribution in [3.8, 4) is 0 Å². The van der Waals surface area contributed by atoms with Gasteiger partial charge in [-0.2, -0.15) is 5.10 Å². The van der Waals surface area contributed by atoms with Crippen LogP contribution in [0.15, 0.2) is 6.33 Å². The van der Waals surface area contributed by atoms with Gasteiger partial charge < -0.3 is 4.74 Å². The van der Waals surface area contributed by atoms with Crippen LogP contribution in [0.1, 0.15) is 33.5 Å². The van der Waals surface area contributed by atoms with Crippen molar-refractivity contribution in [1.82, 2.24) is 24.6 Å².